The van der Waals surface area contributed by atoms with Crippen molar-refractivity contribution in [3.05, 3.63) is 58.6 Å². The highest BCUT2D eigenvalue weighted by Crippen LogP contribution is 2.29. The average Bonchev–Trinajstić information content (AvgIpc) is 2.68. The van der Waals surface area contributed by atoms with Crippen LogP contribution in [0.2, 0.25) is 5.02 Å². The molecule has 0 unspecified atom stereocenters. The summed E-state index contributed by atoms with van der Waals surface area (Å²) >= 11 is 6.12. The molecule has 0 bridgehead atoms. The maximum atomic E-state index is 13.4. The third kappa shape index (κ3) is 6.72. The molecule has 0 radical (unpaired) electrons. The molecule has 2 aromatic carbocycles. The van der Waals surface area contributed by atoms with Gasteiger partial charge in [-0.15, -0.1) is 0 Å². The summed E-state index contributed by atoms with van der Waals surface area (Å²) in [5, 5.41) is 3.16. The van der Waals surface area contributed by atoms with Crippen molar-refractivity contribution in [3.63, 3.8) is 0 Å². The van der Waals surface area contributed by atoms with Gasteiger partial charge in [-0.3, -0.25) is 9.10 Å². The molecule has 0 atom stereocenters. The number of anilines is 1. The van der Waals surface area contributed by atoms with Crippen LogP contribution in [0.3, 0.4) is 0 Å². The quantitative estimate of drug-likeness (QED) is 0.551. The van der Waals surface area contributed by atoms with Crippen LogP contribution in [0.4, 0.5) is 5.69 Å². The molecule has 164 valence electrons. The highest BCUT2D eigenvalue weighted by Gasteiger charge is 2.28. The first kappa shape index (κ1) is 24.2. The smallest absolute Gasteiger partial charge is 0.264 e. The zero-order chi connectivity index (χ0) is 22.3. The molecule has 0 saturated heterocycles. The lowest BCUT2D eigenvalue weighted by atomic mass is 10.2. The molecule has 2 aromatic rings. The van der Waals surface area contributed by atoms with Gasteiger partial charge in [0.05, 0.1) is 16.7 Å². The molecule has 30 heavy (non-hydrogen) atoms. The van der Waals surface area contributed by atoms with Gasteiger partial charge in [0.15, 0.2) is 0 Å². The zero-order valence-corrected chi connectivity index (χ0v) is 19.4. The summed E-state index contributed by atoms with van der Waals surface area (Å²) in [6.45, 7) is 8.13. The predicted molar refractivity (Wildman–Crippen MR) is 121 cm³/mol. The molecule has 1 N–H and O–H groups in total. The van der Waals surface area contributed by atoms with E-state index in [0.29, 0.717) is 35.8 Å². The lowest BCUT2D eigenvalue weighted by Gasteiger charge is -2.26. The van der Waals surface area contributed by atoms with E-state index in [-0.39, 0.29) is 17.5 Å². The standard InChI is InChI=1S/C22H29ClN2O4S/c1-16(2)29-13-5-12-24-22(26)15-25(21-14-19(23)9-8-18(21)4)30(27,28)20-10-6-17(3)7-11-20/h6-11,14,16H,5,12-13,15H2,1-4H3,(H,24,26). The van der Waals surface area contributed by atoms with E-state index >= 15 is 0 Å². The first-order chi connectivity index (χ1) is 14.1. The Hall–Kier alpha value is -2.09. The number of carbonyl (C=O) groups excluding carboxylic acids is 1. The van der Waals surface area contributed by atoms with E-state index < -0.39 is 15.9 Å². The number of ether oxygens (including phenoxy) is 1. The van der Waals surface area contributed by atoms with E-state index in [1.807, 2.05) is 20.8 Å². The average molecular weight is 453 g/mol. The molecule has 0 aliphatic carbocycles. The number of aryl methyl sites for hydroxylation is 2. The SMILES string of the molecule is Cc1ccc(S(=O)(=O)N(CC(=O)NCCCOC(C)C)c2cc(Cl)ccc2C)cc1. The van der Waals surface area contributed by atoms with Crippen molar-refractivity contribution in [3.8, 4) is 0 Å². The molecular formula is C22H29ClN2O4S. The van der Waals surface area contributed by atoms with Gasteiger partial charge in [-0.05, 0) is 63.9 Å². The zero-order valence-electron chi connectivity index (χ0n) is 17.8. The third-order valence-electron chi connectivity index (χ3n) is 4.43. The fourth-order valence-corrected chi connectivity index (χ4v) is 4.44. The van der Waals surface area contributed by atoms with Gasteiger partial charge in [0, 0.05) is 18.2 Å². The second kappa shape index (κ2) is 10.8. The first-order valence-corrected chi connectivity index (χ1v) is 11.7. The third-order valence-corrected chi connectivity index (χ3v) is 6.44. The van der Waals surface area contributed by atoms with E-state index in [1.54, 1.807) is 49.4 Å². The van der Waals surface area contributed by atoms with Gasteiger partial charge < -0.3 is 10.1 Å². The van der Waals surface area contributed by atoms with Gasteiger partial charge >= 0.3 is 0 Å². The summed E-state index contributed by atoms with van der Waals surface area (Å²) in [5.41, 5.74) is 2.02. The fraction of sp³-hybridized carbons (Fsp3) is 0.409. The van der Waals surface area contributed by atoms with Crippen LogP contribution >= 0.6 is 11.6 Å². The minimum Gasteiger partial charge on any atom is -0.379 e. The lowest BCUT2D eigenvalue weighted by Crippen LogP contribution is -2.41. The van der Waals surface area contributed by atoms with Crippen LogP contribution in [-0.4, -0.2) is 40.1 Å². The topological polar surface area (TPSA) is 75.7 Å². The van der Waals surface area contributed by atoms with Gasteiger partial charge in [0.25, 0.3) is 10.0 Å². The normalized spacial score (nSPS) is 11.5. The Morgan fingerprint density at radius 1 is 1.13 bits per heavy atom. The predicted octanol–water partition coefficient (Wildman–Crippen LogP) is 4.08. The number of hydrogen-bond donors (Lipinski definition) is 1. The van der Waals surface area contributed by atoms with Gasteiger partial charge in [-0.1, -0.05) is 35.4 Å². The Balaban J connectivity index is 2.25. The van der Waals surface area contributed by atoms with Crippen LogP contribution in [-0.2, 0) is 19.6 Å². The van der Waals surface area contributed by atoms with Crippen LogP contribution in [0.5, 0.6) is 0 Å². The molecular weight excluding hydrogens is 424 g/mol. The molecule has 0 aromatic heterocycles. The number of sulfonamides is 1. The van der Waals surface area contributed by atoms with Crippen LogP contribution in [0, 0.1) is 13.8 Å². The molecule has 0 saturated carbocycles. The number of amides is 1. The van der Waals surface area contributed by atoms with E-state index in [1.165, 1.54) is 0 Å². The molecule has 1 amide bonds. The van der Waals surface area contributed by atoms with Crippen LogP contribution in [0.25, 0.3) is 0 Å². The van der Waals surface area contributed by atoms with E-state index in [0.717, 1.165) is 9.87 Å². The molecule has 2 rings (SSSR count). The summed E-state index contributed by atoms with van der Waals surface area (Å²) in [6.07, 6.45) is 0.770. The number of benzene rings is 2. The minimum atomic E-state index is -3.96. The summed E-state index contributed by atoms with van der Waals surface area (Å²) in [4.78, 5) is 12.7. The molecule has 0 aliphatic heterocycles. The molecule has 0 spiro atoms. The summed E-state index contributed by atoms with van der Waals surface area (Å²) in [5.74, 6) is -0.394. The number of nitrogens with one attached hydrogen (secondary N) is 1. The maximum absolute atomic E-state index is 13.4. The number of hydrogen-bond acceptors (Lipinski definition) is 4. The van der Waals surface area contributed by atoms with Gasteiger partial charge in [0.2, 0.25) is 5.91 Å². The number of halogens is 1. The minimum absolute atomic E-state index is 0.116. The molecule has 0 aliphatic rings. The van der Waals surface area contributed by atoms with E-state index in [9.17, 15) is 13.2 Å². The number of carbonyl (C=O) groups is 1. The van der Waals surface area contributed by atoms with Crippen molar-refractivity contribution in [2.24, 2.45) is 0 Å². The van der Waals surface area contributed by atoms with Crippen LogP contribution in [0.1, 0.15) is 31.4 Å². The van der Waals surface area contributed by atoms with Gasteiger partial charge in [0.1, 0.15) is 6.54 Å². The number of rotatable bonds is 10. The largest absolute Gasteiger partial charge is 0.379 e. The van der Waals surface area contributed by atoms with Crippen LogP contribution < -0.4 is 9.62 Å². The van der Waals surface area contributed by atoms with E-state index in [4.69, 9.17) is 16.3 Å². The Bertz CT molecular complexity index is 960. The monoisotopic (exact) mass is 452 g/mol. The Labute approximate surface area is 184 Å². The fourth-order valence-electron chi connectivity index (χ4n) is 2.79. The number of nitrogens with zero attached hydrogens (tertiary/aromatic N) is 1. The van der Waals surface area contributed by atoms with Crippen molar-refractivity contribution in [1.82, 2.24) is 5.32 Å². The van der Waals surface area contributed by atoms with Crippen molar-refractivity contribution in [2.75, 3.05) is 24.0 Å². The van der Waals surface area contributed by atoms with Crippen molar-refractivity contribution in [1.29, 1.82) is 0 Å². The summed E-state index contributed by atoms with van der Waals surface area (Å²) < 4.78 is 33.3. The second-order valence-electron chi connectivity index (χ2n) is 7.38. The van der Waals surface area contributed by atoms with Crippen molar-refractivity contribution < 1.29 is 17.9 Å². The second-order valence-corrected chi connectivity index (χ2v) is 9.68. The lowest BCUT2D eigenvalue weighted by molar-refractivity contribution is -0.119. The molecule has 8 heteroatoms. The van der Waals surface area contributed by atoms with Crippen molar-refractivity contribution in [2.45, 2.75) is 45.1 Å². The molecule has 0 heterocycles. The highest BCUT2D eigenvalue weighted by molar-refractivity contribution is 7.92. The van der Waals surface area contributed by atoms with E-state index in [2.05, 4.69) is 5.32 Å². The Morgan fingerprint density at radius 3 is 2.43 bits per heavy atom. The summed E-state index contributed by atoms with van der Waals surface area (Å²) in [6, 6.07) is 11.5. The Kier molecular flexibility index (Phi) is 8.70. The maximum Gasteiger partial charge on any atom is 0.264 e. The Morgan fingerprint density at radius 2 is 1.80 bits per heavy atom. The highest BCUT2D eigenvalue weighted by atomic mass is 35.5. The molecule has 0 fully saturated rings. The van der Waals surface area contributed by atoms with Gasteiger partial charge in [-0.25, -0.2) is 8.42 Å². The van der Waals surface area contributed by atoms with Crippen molar-refractivity contribution >= 4 is 33.2 Å². The first-order valence-electron chi connectivity index (χ1n) is 9.85. The van der Waals surface area contributed by atoms with Gasteiger partial charge in [-0.2, -0.15) is 0 Å². The molecule has 6 nitrogen and oxygen atoms in total. The van der Waals surface area contributed by atoms with Crippen LogP contribution in [0.15, 0.2) is 47.4 Å². The summed E-state index contributed by atoms with van der Waals surface area (Å²) in [7, 11) is -3.96.